The lowest BCUT2D eigenvalue weighted by Crippen LogP contribution is -2.52. The Morgan fingerprint density at radius 3 is 2.25 bits per heavy atom. The Kier molecular flexibility index (Phi) is 11.9. The van der Waals surface area contributed by atoms with Crippen LogP contribution < -0.4 is 9.62 Å². The highest BCUT2D eigenvalue weighted by molar-refractivity contribution is 7.92. The Balaban J connectivity index is 1.60. The number of amides is 2. The fourth-order valence-corrected chi connectivity index (χ4v) is 7.02. The van der Waals surface area contributed by atoms with Gasteiger partial charge in [0, 0.05) is 37.0 Å². The van der Waals surface area contributed by atoms with Gasteiger partial charge in [0.05, 0.1) is 11.9 Å². The third-order valence-electron chi connectivity index (χ3n) is 8.36. The fourth-order valence-electron chi connectivity index (χ4n) is 5.84. The van der Waals surface area contributed by atoms with Crippen molar-refractivity contribution in [3.63, 3.8) is 0 Å². The van der Waals surface area contributed by atoms with Crippen LogP contribution >= 0.6 is 11.6 Å². The van der Waals surface area contributed by atoms with Gasteiger partial charge in [-0.25, -0.2) is 8.42 Å². The zero-order chi connectivity index (χ0) is 31.7. The van der Waals surface area contributed by atoms with Crippen LogP contribution in [0.3, 0.4) is 0 Å². The first-order valence-corrected chi connectivity index (χ1v) is 17.7. The van der Waals surface area contributed by atoms with Gasteiger partial charge >= 0.3 is 0 Å². The summed E-state index contributed by atoms with van der Waals surface area (Å²) in [6.45, 7) is 4.18. The third-order valence-corrected chi connectivity index (χ3v) is 9.95. The molecule has 0 bridgehead atoms. The van der Waals surface area contributed by atoms with Gasteiger partial charge in [0.2, 0.25) is 21.8 Å². The van der Waals surface area contributed by atoms with E-state index in [1.807, 2.05) is 61.5 Å². The van der Waals surface area contributed by atoms with Gasteiger partial charge in [-0.3, -0.25) is 13.9 Å². The summed E-state index contributed by atoms with van der Waals surface area (Å²) in [5.74, 6) is -0.338. The predicted octanol–water partition coefficient (Wildman–Crippen LogP) is 6.59. The van der Waals surface area contributed by atoms with Crippen LogP contribution in [0, 0.1) is 13.8 Å². The lowest BCUT2D eigenvalue weighted by Gasteiger charge is -2.34. The first-order valence-electron chi connectivity index (χ1n) is 15.4. The third kappa shape index (κ3) is 9.32. The number of nitrogens with one attached hydrogen (secondary N) is 1. The molecule has 7 nitrogen and oxygen atoms in total. The van der Waals surface area contributed by atoms with Crippen LogP contribution in [0.2, 0.25) is 5.02 Å². The zero-order valence-corrected chi connectivity index (χ0v) is 27.5. The molecule has 0 saturated heterocycles. The molecule has 0 aromatic heterocycles. The van der Waals surface area contributed by atoms with Gasteiger partial charge in [0.1, 0.15) is 6.04 Å². The average molecular weight is 638 g/mol. The SMILES string of the molecule is Cc1ccc(CN(C(=O)CCCN(c2cccc(Cl)c2C)S(C)(=O)=O)[C@H](Cc2ccccc2)C(=O)NC2CCCCC2)cc1. The van der Waals surface area contributed by atoms with Crippen LogP contribution in [0.25, 0.3) is 0 Å². The molecule has 4 rings (SSSR count). The summed E-state index contributed by atoms with van der Waals surface area (Å²) in [6, 6.07) is 22.3. The Morgan fingerprint density at radius 1 is 0.909 bits per heavy atom. The summed E-state index contributed by atoms with van der Waals surface area (Å²) in [5.41, 5.74) is 4.17. The quantitative estimate of drug-likeness (QED) is 0.229. The van der Waals surface area contributed by atoms with E-state index in [0.717, 1.165) is 48.6 Å². The molecule has 0 unspecified atom stereocenters. The Labute approximate surface area is 267 Å². The minimum atomic E-state index is -3.63. The number of benzene rings is 3. The standard InChI is InChI=1S/C35H44ClN3O4S/c1-26-19-21-29(22-20-26)25-38(33(24-28-12-6-4-7-13-28)35(41)37-30-14-8-5-9-15-30)34(40)18-11-23-39(44(3,42)43)32-17-10-16-31(36)27(32)2/h4,6-7,10,12-13,16-17,19-22,30,33H,5,8-9,11,14-15,18,23-25H2,1-3H3,(H,37,41)/t33-/m1/s1. The van der Waals surface area contributed by atoms with E-state index in [2.05, 4.69) is 5.32 Å². The molecule has 0 spiro atoms. The van der Waals surface area contributed by atoms with E-state index in [1.54, 1.807) is 30.0 Å². The topological polar surface area (TPSA) is 86.8 Å². The Morgan fingerprint density at radius 2 is 1.59 bits per heavy atom. The number of nitrogens with zero attached hydrogens (tertiary/aromatic N) is 2. The van der Waals surface area contributed by atoms with E-state index in [4.69, 9.17) is 11.6 Å². The van der Waals surface area contributed by atoms with Crippen molar-refractivity contribution in [2.45, 2.75) is 83.8 Å². The van der Waals surface area contributed by atoms with E-state index in [9.17, 15) is 18.0 Å². The van der Waals surface area contributed by atoms with Gasteiger partial charge in [-0.15, -0.1) is 0 Å². The number of sulfonamides is 1. The van der Waals surface area contributed by atoms with Crippen molar-refractivity contribution in [3.05, 3.63) is 100 Å². The van der Waals surface area contributed by atoms with Gasteiger partial charge in [-0.1, -0.05) is 97.1 Å². The van der Waals surface area contributed by atoms with Crippen LogP contribution in [0.15, 0.2) is 72.8 Å². The van der Waals surface area contributed by atoms with Crippen LogP contribution in [-0.2, 0) is 32.6 Å². The largest absolute Gasteiger partial charge is 0.352 e. The number of rotatable bonds is 13. The molecule has 3 aromatic carbocycles. The molecule has 0 heterocycles. The molecule has 44 heavy (non-hydrogen) atoms. The summed E-state index contributed by atoms with van der Waals surface area (Å²) < 4.78 is 26.9. The van der Waals surface area contributed by atoms with E-state index < -0.39 is 16.1 Å². The highest BCUT2D eigenvalue weighted by atomic mass is 35.5. The number of hydrogen-bond acceptors (Lipinski definition) is 4. The maximum atomic E-state index is 14.1. The van der Waals surface area contributed by atoms with Crippen molar-refractivity contribution in [1.82, 2.24) is 10.2 Å². The van der Waals surface area contributed by atoms with Gasteiger partial charge in [0.15, 0.2) is 0 Å². The maximum Gasteiger partial charge on any atom is 0.243 e. The molecule has 0 aliphatic heterocycles. The van der Waals surface area contributed by atoms with E-state index >= 15 is 0 Å². The van der Waals surface area contributed by atoms with Gasteiger partial charge in [-0.2, -0.15) is 0 Å². The molecular formula is C35H44ClN3O4S. The van der Waals surface area contributed by atoms with Crippen LogP contribution in [0.1, 0.15) is 67.2 Å². The zero-order valence-electron chi connectivity index (χ0n) is 26.0. The lowest BCUT2D eigenvalue weighted by atomic mass is 9.94. The van der Waals surface area contributed by atoms with Crippen LogP contribution in [-0.4, -0.2) is 50.0 Å². The van der Waals surface area contributed by atoms with E-state index in [1.165, 1.54) is 10.7 Å². The minimum Gasteiger partial charge on any atom is -0.352 e. The van der Waals surface area contributed by atoms with Crippen molar-refractivity contribution in [3.8, 4) is 0 Å². The molecule has 3 aromatic rings. The summed E-state index contributed by atoms with van der Waals surface area (Å²) in [5, 5.41) is 3.74. The number of anilines is 1. The maximum absolute atomic E-state index is 14.1. The molecule has 1 saturated carbocycles. The van der Waals surface area contributed by atoms with Crippen LogP contribution in [0.5, 0.6) is 0 Å². The molecule has 0 radical (unpaired) electrons. The average Bonchev–Trinajstić information content (AvgIpc) is 3.00. The van der Waals surface area contributed by atoms with Gasteiger partial charge in [0.25, 0.3) is 0 Å². The highest BCUT2D eigenvalue weighted by Gasteiger charge is 2.32. The summed E-state index contributed by atoms with van der Waals surface area (Å²) in [4.78, 5) is 29.7. The molecule has 1 aliphatic rings. The number of aryl methyl sites for hydroxylation is 1. The highest BCUT2D eigenvalue weighted by Crippen LogP contribution is 2.29. The molecule has 1 N–H and O–H groups in total. The predicted molar refractivity (Wildman–Crippen MR) is 178 cm³/mol. The van der Waals surface area contributed by atoms with Gasteiger partial charge in [-0.05, 0) is 61.9 Å². The first kappa shape index (κ1) is 33.5. The Bertz CT molecular complexity index is 1510. The van der Waals surface area contributed by atoms with Gasteiger partial charge < -0.3 is 10.2 Å². The second-order valence-corrected chi connectivity index (χ2v) is 14.2. The monoisotopic (exact) mass is 637 g/mol. The van der Waals surface area contributed by atoms with E-state index in [0.29, 0.717) is 22.7 Å². The van der Waals surface area contributed by atoms with Crippen molar-refractivity contribution >= 4 is 39.1 Å². The number of halogens is 1. The first-order chi connectivity index (χ1) is 21.0. The van der Waals surface area contributed by atoms with Crippen LogP contribution in [0.4, 0.5) is 5.69 Å². The molecule has 236 valence electrons. The molecule has 1 fully saturated rings. The molecule has 2 amide bonds. The summed E-state index contributed by atoms with van der Waals surface area (Å²) >= 11 is 6.30. The Hall–Kier alpha value is -3.36. The van der Waals surface area contributed by atoms with E-state index in [-0.39, 0.29) is 43.8 Å². The molecule has 1 atom stereocenters. The molecule has 1 aliphatic carbocycles. The summed E-state index contributed by atoms with van der Waals surface area (Å²) in [6.07, 6.45) is 7.14. The number of carbonyl (C=O) groups excluding carboxylic acids is 2. The summed E-state index contributed by atoms with van der Waals surface area (Å²) in [7, 11) is -3.63. The van der Waals surface area contributed by atoms with Crippen molar-refractivity contribution in [2.75, 3.05) is 17.1 Å². The molecule has 9 heteroatoms. The fraction of sp³-hybridized carbons (Fsp3) is 0.429. The second kappa shape index (κ2) is 15.6. The smallest absolute Gasteiger partial charge is 0.243 e. The normalized spacial score (nSPS) is 14.5. The number of hydrogen-bond donors (Lipinski definition) is 1. The minimum absolute atomic E-state index is 0.0828. The van der Waals surface area contributed by atoms with Crippen molar-refractivity contribution < 1.29 is 18.0 Å². The van der Waals surface area contributed by atoms with Crippen molar-refractivity contribution in [1.29, 1.82) is 0 Å². The van der Waals surface area contributed by atoms with Crippen molar-refractivity contribution in [2.24, 2.45) is 0 Å². The number of carbonyl (C=O) groups is 2. The molecular weight excluding hydrogens is 594 g/mol. The second-order valence-electron chi connectivity index (χ2n) is 11.9. The lowest BCUT2D eigenvalue weighted by molar-refractivity contribution is -0.141.